The molecule has 0 saturated carbocycles. The molecular weight excluding hydrogens is 657 g/mol. The summed E-state index contributed by atoms with van der Waals surface area (Å²) in [5.74, 6) is 0. The molecule has 0 amide bonds. The molecule has 1 aliphatic heterocycles. The van der Waals surface area contributed by atoms with Crippen molar-refractivity contribution >= 4 is 76.8 Å². The second-order valence-corrected chi connectivity index (χ2v) is 15.3. The van der Waals surface area contributed by atoms with Crippen molar-refractivity contribution in [1.29, 1.82) is 0 Å². The predicted molar refractivity (Wildman–Crippen MR) is 221 cm³/mol. The van der Waals surface area contributed by atoms with Crippen LogP contribution < -0.4 is 10.2 Å². The Morgan fingerprint density at radius 1 is 0.431 bits per heavy atom. The van der Waals surface area contributed by atoms with Crippen LogP contribution in [0.15, 0.2) is 187 Å². The van der Waals surface area contributed by atoms with E-state index >= 15 is 0 Å². The number of benzene rings is 8. The van der Waals surface area contributed by atoms with Crippen LogP contribution in [0.2, 0.25) is 0 Å². The van der Waals surface area contributed by atoms with Gasteiger partial charge >= 0.3 is 0 Å². The molecule has 2 heterocycles. The van der Waals surface area contributed by atoms with Crippen LogP contribution in [-0.2, 0) is 0 Å². The first kappa shape index (κ1) is 30.1. The molecular formula is C47H32N2S2. The van der Waals surface area contributed by atoms with Gasteiger partial charge in [0.05, 0.1) is 5.69 Å². The summed E-state index contributed by atoms with van der Waals surface area (Å²) in [6.45, 7) is 0. The summed E-state index contributed by atoms with van der Waals surface area (Å²) in [4.78, 5) is 3.69. The van der Waals surface area contributed by atoms with Gasteiger partial charge in [0.1, 0.15) is 5.37 Å². The van der Waals surface area contributed by atoms with Crippen molar-refractivity contribution in [3.8, 4) is 22.3 Å². The first-order valence-corrected chi connectivity index (χ1v) is 19.0. The fraction of sp³-hybridized carbons (Fsp3) is 0.0213. The number of rotatable bonds is 6. The molecule has 0 aliphatic carbocycles. The van der Waals surface area contributed by atoms with E-state index in [1.807, 2.05) is 23.1 Å². The van der Waals surface area contributed by atoms with E-state index in [9.17, 15) is 0 Å². The second-order valence-electron chi connectivity index (χ2n) is 13.0. The summed E-state index contributed by atoms with van der Waals surface area (Å²) in [6.07, 6.45) is 0. The highest BCUT2D eigenvalue weighted by Gasteiger charge is 2.24. The third kappa shape index (κ3) is 5.54. The van der Waals surface area contributed by atoms with Crippen molar-refractivity contribution in [2.45, 2.75) is 10.3 Å². The second kappa shape index (κ2) is 12.5. The molecule has 242 valence electrons. The van der Waals surface area contributed by atoms with E-state index in [2.05, 4.69) is 192 Å². The standard InChI is InChI=1S/C47H32N2S2/c1-3-9-31(10-4-1)33-17-21-38(22-18-33)49(39-23-19-34(20-24-39)37-16-15-32-11-7-8-14-36(32)27-37)40-25-26-41-42-29-46-43(30-45(42)50-44(41)28-40)48-47(51-46)35-12-5-2-6-13-35/h1-30,47-48H. The van der Waals surface area contributed by atoms with E-state index < -0.39 is 0 Å². The molecule has 0 bridgehead atoms. The molecule has 1 aromatic heterocycles. The first-order valence-electron chi connectivity index (χ1n) is 17.3. The number of thioether (sulfide) groups is 1. The fourth-order valence-electron chi connectivity index (χ4n) is 7.27. The summed E-state index contributed by atoms with van der Waals surface area (Å²) < 4.78 is 2.59. The van der Waals surface area contributed by atoms with Crippen molar-refractivity contribution in [1.82, 2.24) is 0 Å². The Bertz CT molecular complexity index is 2680. The van der Waals surface area contributed by atoms with Crippen LogP contribution in [0.25, 0.3) is 53.2 Å². The number of thiophene rings is 1. The summed E-state index contributed by atoms with van der Waals surface area (Å²) in [5, 5.41) is 9.14. The van der Waals surface area contributed by atoms with E-state index in [-0.39, 0.29) is 5.37 Å². The number of nitrogens with one attached hydrogen (secondary N) is 1. The average molecular weight is 689 g/mol. The van der Waals surface area contributed by atoms with Gasteiger partial charge in [-0.3, -0.25) is 0 Å². The van der Waals surface area contributed by atoms with Gasteiger partial charge in [-0.25, -0.2) is 0 Å². The molecule has 0 spiro atoms. The molecule has 4 heteroatoms. The van der Waals surface area contributed by atoms with Crippen molar-refractivity contribution in [3.05, 3.63) is 188 Å². The van der Waals surface area contributed by atoms with E-state index in [0.29, 0.717) is 0 Å². The van der Waals surface area contributed by atoms with E-state index in [4.69, 9.17) is 0 Å². The number of nitrogens with zero attached hydrogens (tertiary/aromatic N) is 1. The van der Waals surface area contributed by atoms with E-state index in [1.54, 1.807) is 0 Å². The lowest BCUT2D eigenvalue weighted by Gasteiger charge is -2.26. The van der Waals surface area contributed by atoms with Gasteiger partial charge in [-0.1, -0.05) is 139 Å². The van der Waals surface area contributed by atoms with Crippen LogP contribution >= 0.6 is 23.1 Å². The quantitative estimate of drug-likeness (QED) is 0.187. The summed E-state index contributed by atoms with van der Waals surface area (Å²) in [6, 6.07) is 66.2. The Kier molecular flexibility index (Phi) is 7.37. The molecule has 1 atom stereocenters. The van der Waals surface area contributed by atoms with Crippen LogP contribution in [0, 0.1) is 0 Å². The van der Waals surface area contributed by atoms with Crippen molar-refractivity contribution in [2.24, 2.45) is 0 Å². The van der Waals surface area contributed by atoms with Crippen molar-refractivity contribution in [3.63, 3.8) is 0 Å². The van der Waals surface area contributed by atoms with Gasteiger partial charge in [0, 0.05) is 42.1 Å². The molecule has 10 rings (SSSR count). The predicted octanol–water partition coefficient (Wildman–Crippen LogP) is 14.2. The Balaban J connectivity index is 1.03. The topological polar surface area (TPSA) is 15.3 Å². The number of fused-ring (bicyclic) bond motifs is 5. The maximum absolute atomic E-state index is 3.76. The summed E-state index contributed by atoms with van der Waals surface area (Å²) >= 11 is 3.77. The maximum atomic E-state index is 3.76. The van der Waals surface area contributed by atoms with Gasteiger partial charge in [0.25, 0.3) is 0 Å². The van der Waals surface area contributed by atoms with E-state index in [0.717, 1.165) is 17.1 Å². The minimum Gasteiger partial charge on any atom is -0.368 e. The minimum absolute atomic E-state index is 0.241. The van der Waals surface area contributed by atoms with Gasteiger partial charge in [-0.15, -0.1) is 11.3 Å². The smallest absolute Gasteiger partial charge is 0.103 e. The zero-order chi connectivity index (χ0) is 33.7. The van der Waals surface area contributed by atoms with Crippen LogP contribution in [0.5, 0.6) is 0 Å². The molecule has 0 saturated heterocycles. The van der Waals surface area contributed by atoms with Crippen molar-refractivity contribution < 1.29 is 0 Å². The monoisotopic (exact) mass is 688 g/mol. The van der Waals surface area contributed by atoms with Gasteiger partial charge in [0.15, 0.2) is 0 Å². The molecule has 0 radical (unpaired) electrons. The number of hydrogen-bond donors (Lipinski definition) is 1. The molecule has 9 aromatic rings. The van der Waals surface area contributed by atoms with Gasteiger partial charge < -0.3 is 10.2 Å². The molecule has 1 aliphatic rings. The first-order chi connectivity index (χ1) is 25.2. The molecule has 8 aromatic carbocycles. The Hall–Kier alpha value is -5.81. The Labute approximate surface area is 305 Å². The number of anilines is 4. The van der Waals surface area contributed by atoms with Crippen molar-refractivity contribution in [2.75, 3.05) is 10.2 Å². The highest BCUT2D eigenvalue weighted by molar-refractivity contribution is 8.00. The SMILES string of the molecule is c1ccc(-c2ccc(N(c3ccc(-c4ccc5ccccc5c4)cc3)c3ccc4c(c3)sc3cc5c(cc34)SC(c3ccccc3)N5)cc2)cc1. The van der Waals surface area contributed by atoms with E-state index in [1.165, 1.54) is 69.3 Å². The Morgan fingerprint density at radius 3 is 1.76 bits per heavy atom. The molecule has 1 N–H and O–H groups in total. The lowest BCUT2D eigenvalue weighted by molar-refractivity contribution is 1.14. The zero-order valence-corrected chi connectivity index (χ0v) is 29.3. The highest BCUT2D eigenvalue weighted by atomic mass is 32.2. The zero-order valence-electron chi connectivity index (χ0n) is 27.7. The fourth-order valence-corrected chi connectivity index (χ4v) is 9.59. The molecule has 2 nitrogen and oxygen atoms in total. The molecule has 51 heavy (non-hydrogen) atoms. The summed E-state index contributed by atoms with van der Waals surface area (Å²) in [7, 11) is 0. The van der Waals surface area contributed by atoms with Gasteiger partial charge in [-0.05, 0) is 93.2 Å². The maximum Gasteiger partial charge on any atom is 0.103 e. The number of hydrogen-bond acceptors (Lipinski definition) is 4. The normalized spacial score (nSPS) is 13.8. The molecule has 0 fully saturated rings. The highest BCUT2D eigenvalue weighted by Crippen LogP contribution is 2.50. The van der Waals surface area contributed by atoms with Crippen LogP contribution in [0.3, 0.4) is 0 Å². The minimum atomic E-state index is 0.241. The molecule has 1 unspecified atom stereocenters. The third-order valence-corrected chi connectivity index (χ3v) is 12.2. The van der Waals surface area contributed by atoms with Crippen LogP contribution in [0.1, 0.15) is 10.9 Å². The largest absolute Gasteiger partial charge is 0.368 e. The van der Waals surface area contributed by atoms with Crippen LogP contribution in [-0.4, -0.2) is 0 Å². The lowest BCUT2D eigenvalue weighted by atomic mass is 10.0. The van der Waals surface area contributed by atoms with Crippen LogP contribution in [0.4, 0.5) is 22.7 Å². The lowest BCUT2D eigenvalue weighted by Crippen LogP contribution is -2.09. The Morgan fingerprint density at radius 2 is 1.02 bits per heavy atom. The van der Waals surface area contributed by atoms with Gasteiger partial charge in [-0.2, -0.15) is 0 Å². The third-order valence-electron chi connectivity index (χ3n) is 9.89. The summed E-state index contributed by atoms with van der Waals surface area (Å²) in [5.41, 5.74) is 10.8. The average Bonchev–Trinajstić information content (AvgIpc) is 3.78. The van der Waals surface area contributed by atoms with Gasteiger partial charge in [0.2, 0.25) is 0 Å².